The van der Waals surface area contributed by atoms with E-state index < -0.39 is 9.84 Å². The molecule has 3 nitrogen and oxygen atoms in total. The Bertz CT molecular complexity index is 198. The van der Waals surface area contributed by atoms with Gasteiger partial charge in [-0.15, -0.1) is 0 Å². The highest BCUT2D eigenvalue weighted by Gasteiger charge is 2.26. The lowest BCUT2D eigenvalue weighted by Crippen LogP contribution is -2.29. The second-order valence-corrected chi connectivity index (χ2v) is 4.78. The third kappa shape index (κ3) is 1.95. The van der Waals surface area contributed by atoms with Crippen molar-refractivity contribution in [3.05, 3.63) is 6.92 Å². The van der Waals surface area contributed by atoms with Crippen molar-refractivity contribution in [2.75, 3.05) is 18.1 Å². The highest BCUT2D eigenvalue weighted by Crippen LogP contribution is 2.10. The summed E-state index contributed by atoms with van der Waals surface area (Å²) in [6.07, 6.45) is 0.748. The molecular weight excluding hydrogens is 150 g/mol. The SMILES string of the molecule is [CH2]CNC1CCS(=O)(=O)C1. The summed E-state index contributed by atoms with van der Waals surface area (Å²) in [7, 11) is -2.71. The van der Waals surface area contributed by atoms with Crippen molar-refractivity contribution in [2.45, 2.75) is 12.5 Å². The van der Waals surface area contributed by atoms with E-state index in [1.165, 1.54) is 0 Å². The van der Waals surface area contributed by atoms with Gasteiger partial charge in [-0.1, -0.05) is 0 Å². The van der Waals surface area contributed by atoms with E-state index in [1.807, 2.05) is 0 Å². The van der Waals surface area contributed by atoms with Crippen molar-refractivity contribution in [3.63, 3.8) is 0 Å². The molecule has 0 bridgehead atoms. The molecule has 1 atom stereocenters. The van der Waals surface area contributed by atoms with E-state index in [-0.39, 0.29) is 6.04 Å². The van der Waals surface area contributed by atoms with Gasteiger partial charge < -0.3 is 5.32 Å². The molecule has 0 aromatic rings. The minimum absolute atomic E-state index is 0.155. The topological polar surface area (TPSA) is 46.2 Å². The van der Waals surface area contributed by atoms with Crippen molar-refractivity contribution in [3.8, 4) is 0 Å². The Labute approximate surface area is 61.7 Å². The second kappa shape index (κ2) is 2.88. The average molecular weight is 162 g/mol. The van der Waals surface area contributed by atoms with E-state index in [9.17, 15) is 8.42 Å². The maximum absolute atomic E-state index is 10.9. The van der Waals surface area contributed by atoms with Crippen molar-refractivity contribution in [1.82, 2.24) is 5.32 Å². The summed E-state index contributed by atoms with van der Waals surface area (Å²) < 4.78 is 21.7. The summed E-state index contributed by atoms with van der Waals surface area (Å²) >= 11 is 0. The van der Waals surface area contributed by atoms with Crippen LogP contribution < -0.4 is 5.32 Å². The first-order valence-electron chi connectivity index (χ1n) is 3.37. The van der Waals surface area contributed by atoms with Crippen LogP contribution in [0.5, 0.6) is 0 Å². The number of hydrogen-bond acceptors (Lipinski definition) is 3. The fraction of sp³-hybridized carbons (Fsp3) is 0.833. The van der Waals surface area contributed by atoms with Crippen LogP contribution in [-0.4, -0.2) is 32.5 Å². The normalized spacial score (nSPS) is 30.7. The standard InChI is InChI=1S/C6H12NO2S/c1-2-7-6-3-4-10(8,9)5-6/h6-7H,1-5H2. The highest BCUT2D eigenvalue weighted by molar-refractivity contribution is 7.91. The van der Waals surface area contributed by atoms with Crippen LogP contribution in [0.2, 0.25) is 0 Å². The Balaban J connectivity index is 2.44. The van der Waals surface area contributed by atoms with E-state index in [1.54, 1.807) is 0 Å². The molecule has 0 saturated carbocycles. The van der Waals surface area contributed by atoms with Crippen molar-refractivity contribution >= 4 is 9.84 Å². The van der Waals surface area contributed by atoms with Gasteiger partial charge in [0.15, 0.2) is 9.84 Å². The Hall–Kier alpha value is -0.0900. The summed E-state index contributed by atoms with van der Waals surface area (Å²) in [6, 6.07) is 0.155. The van der Waals surface area contributed by atoms with Gasteiger partial charge in [-0.25, -0.2) is 8.42 Å². The average Bonchev–Trinajstić information content (AvgIpc) is 2.12. The Morgan fingerprint density at radius 2 is 2.30 bits per heavy atom. The van der Waals surface area contributed by atoms with Crippen LogP contribution in [-0.2, 0) is 9.84 Å². The Morgan fingerprint density at radius 1 is 1.60 bits per heavy atom. The molecule has 1 N–H and O–H groups in total. The molecule has 1 fully saturated rings. The Morgan fingerprint density at radius 3 is 2.70 bits per heavy atom. The lowest BCUT2D eigenvalue weighted by atomic mass is 10.3. The van der Waals surface area contributed by atoms with Gasteiger partial charge in [-0.2, -0.15) is 0 Å². The second-order valence-electron chi connectivity index (χ2n) is 2.55. The summed E-state index contributed by atoms with van der Waals surface area (Å²) in [5.41, 5.74) is 0. The van der Waals surface area contributed by atoms with Crippen molar-refractivity contribution in [1.29, 1.82) is 0 Å². The summed E-state index contributed by atoms with van der Waals surface area (Å²) in [4.78, 5) is 0. The molecule has 1 aliphatic rings. The molecule has 10 heavy (non-hydrogen) atoms. The highest BCUT2D eigenvalue weighted by atomic mass is 32.2. The molecule has 1 radical (unpaired) electrons. The molecule has 1 aliphatic heterocycles. The third-order valence-corrected chi connectivity index (χ3v) is 3.43. The van der Waals surface area contributed by atoms with Crippen LogP contribution >= 0.6 is 0 Å². The smallest absolute Gasteiger partial charge is 0.151 e. The molecule has 59 valence electrons. The van der Waals surface area contributed by atoms with E-state index in [2.05, 4.69) is 12.2 Å². The van der Waals surface area contributed by atoms with Crippen LogP contribution in [0.25, 0.3) is 0 Å². The maximum atomic E-state index is 10.9. The fourth-order valence-electron chi connectivity index (χ4n) is 1.16. The molecule has 0 aliphatic carbocycles. The third-order valence-electron chi connectivity index (χ3n) is 1.67. The van der Waals surface area contributed by atoms with E-state index in [0.717, 1.165) is 6.42 Å². The van der Waals surface area contributed by atoms with Gasteiger partial charge in [-0.05, 0) is 19.9 Å². The zero-order chi connectivity index (χ0) is 7.61. The summed E-state index contributed by atoms with van der Waals surface area (Å²) in [5.74, 6) is 0.632. The first kappa shape index (κ1) is 8.01. The van der Waals surface area contributed by atoms with Gasteiger partial charge in [0, 0.05) is 6.04 Å². The largest absolute Gasteiger partial charge is 0.313 e. The predicted octanol–water partition coefficient (Wildman–Crippen LogP) is -0.403. The van der Waals surface area contributed by atoms with Gasteiger partial charge in [0.25, 0.3) is 0 Å². The minimum Gasteiger partial charge on any atom is -0.313 e. The van der Waals surface area contributed by atoms with Gasteiger partial charge in [0.05, 0.1) is 11.5 Å². The Kier molecular flexibility index (Phi) is 2.31. The first-order valence-corrected chi connectivity index (χ1v) is 5.19. The maximum Gasteiger partial charge on any atom is 0.151 e. The minimum atomic E-state index is -2.71. The molecule has 4 heteroatoms. The number of rotatable bonds is 2. The first-order chi connectivity index (χ1) is 4.64. The van der Waals surface area contributed by atoms with Crippen molar-refractivity contribution in [2.24, 2.45) is 0 Å². The van der Waals surface area contributed by atoms with E-state index >= 15 is 0 Å². The van der Waals surface area contributed by atoms with Crippen LogP contribution in [0.1, 0.15) is 6.42 Å². The number of sulfone groups is 1. The van der Waals surface area contributed by atoms with Crippen LogP contribution in [0.3, 0.4) is 0 Å². The molecule has 1 saturated heterocycles. The quantitative estimate of drug-likeness (QED) is 0.601. The monoisotopic (exact) mass is 162 g/mol. The van der Waals surface area contributed by atoms with Gasteiger partial charge in [-0.3, -0.25) is 0 Å². The zero-order valence-electron chi connectivity index (χ0n) is 5.84. The van der Waals surface area contributed by atoms with Gasteiger partial charge in [0.2, 0.25) is 0 Å². The van der Waals surface area contributed by atoms with Crippen LogP contribution in [0, 0.1) is 6.92 Å². The molecule has 1 rings (SSSR count). The molecular formula is C6H12NO2S. The number of nitrogens with one attached hydrogen (secondary N) is 1. The van der Waals surface area contributed by atoms with E-state index in [4.69, 9.17) is 0 Å². The molecule has 0 aromatic heterocycles. The fourth-order valence-corrected chi connectivity index (χ4v) is 2.87. The molecule has 1 heterocycles. The summed E-state index contributed by atoms with van der Waals surface area (Å²) in [6.45, 7) is 4.20. The lowest BCUT2D eigenvalue weighted by Gasteiger charge is -2.05. The lowest BCUT2D eigenvalue weighted by molar-refractivity contribution is 0.584. The predicted molar refractivity (Wildman–Crippen MR) is 40.4 cm³/mol. The van der Waals surface area contributed by atoms with E-state index in [0.29, 0.717) is 18.1 Å². The molecule has 0 aromatic carbocycles. The summed E-state index contributed by atoms with van der Waals surface area (Å²) in [5, 5.41) is 3.01. The zero-order valence-corrected chi connectivity index (χ0v) is 6.65. The van der Waals surface area contributed by atoms with Crippen LogP contribution in [0.15, 0.2) is 0 Å². The molecule has 0 spiro atoms. The number of hydrogen-bond donors (Lipinski definition) is 1. The van der Waals surface area contributed by atoms with Gasteiger partial charge in [0.1, 0.15) is 0 Å². The van der Waals surface area contributed by atoms with Crippen molar-refractivity contribution < 1.29 is 8.42 Å². The van der Waals surface area contributed by atoms with Gasteiger partial charge >= 0.3 is 0 Å². The molecule has 1 unspecified atom stereocenters. The van der Waals surface area contributed by atoms with Crippen LogP contribution in [0.4, 0.5) is 0 Å². The molecule has 0 amide bonds.